The van der Waals surface area contributed by atoms with Gasteiger partial charge in [-0.2, -0.15) is 0 Å². The maximum Gasteiger partial charge on any atom is 0.0591 e. The van der Waals surface area contributed by atoms with E-state index < -0.39 is 0 Å². The van der Waals surface area contributed by atoms with Gasteiger partial charge in [0.25, 0.3) is 0 Å². The van der Waals surface area contributed by atoms with E-state index in [-0.39, 0.29) is 18.1 Å². The summed E-state index contributed by atoms with van der Waals surface area (Å²) in [6, 6.07) is 4.41. The summed E-state index contributed by atoms with van der Waals surface area (Å²) in [6.45, 7) is 7.63. The minimum Gasteiger partial charge on any atom is -0.395 e. The summed E-state index contributed by atoms with van der Waals surface area (Å²) in [5, 5.41) is 11.5. The van der Waals surface area contributed by atoms with Crippen LogP contribution in [0.3, 0.4) is 0 Å². The van der Waals surface area contributed by atoms with Crippen LogP contribution in [-0.4, -0.2) is 29.7 Å². The Morgan fingerprint density at radius 3 is 2.53 bits per heavy atom. The van der Waals surface area contributed by atoms with Crippen molar-refractivity contribution in [2.24, 2.45) is 5.41 Å². The zero-order valence-corrected chi connectivity index (χ0v) is 10.8. The molecule has 0 spiro atoms. The fraction of sp³-hybridized carbons (Fsp3) is 0.667. The van der Waals surface area contributed by atoms with E-state index in [0.29, 0.717) is 0 Å². The molecule has 0 aliphatic carbocycles. The highest BCUT2D eigenvalue weighted by Crippen LogP contribution is 2.25. The van der Waals surface area contributed by atoms with Gasteiger partial charge in [-0.05, 0) is 23.9 Å². The van der Waals surface area contributed by atoms with Gasteiger partial charge in [0.2, 0.25) is 0 Å². The monoisotopic (exact) mass is 227 g/mol. The average Bonchev–Trinajstić information content (AvgIpc) is 2.54. The lowest BCUT2D eigenvalue weighted by Crippen LogP contribution is -2.43. The summed E-state index contributed by atoms with van der Waals surface area (Å²) in [5.41, 5.74) is 0.112. The van der Waals surface area contributed by atoms with Crippen LogP contribution in [0.1, 0.15) is 25.6 Å². The van der Waals surface area contributed by atoms with Crippen molar-refractivity contribution < 1.29 is 5.11 Å². The van der Waals surface area contributed by atoms with Crippen molar-refractivity contribution in [1.29, 1.82) is 0 Å². The van der Waals surface area contributed by atoms with Crippen molar-refractivity contribution in [2.75, 3.05) is 13.7 Å². The summed E-state index contributed by atoms with van der Waals surface area (Å²) in [6.07, 6.45) is 0. The molecule has 0 saturated heterocycles. The van der Waals surface area contributed by atoms with E-state index >= 15 is 0 Å². The van der Waals surface area contributed by atoms with Gasteiger partial charge in [0.15, 0.2) is 0 Å². The number of nitrogens with zero attached hydrogens (tertiary/aromatic N) is 1. The highest BCUT2D eigenvalue weighted by atomic mass is 32.1. The Balaban J connectivity index is 2.62. The molecule has 2 nitrogen and oxygen atoms in total. The van der Waals surface area contributed by atoms with Crippen molar-refractivity contribution in [3.63, 3.8) is 0 Å². The lowest BCUT2D eigenvalue weighted by atomic mass is 9.86. The van der Waals surface area contributed by atoms with E-state index in [4.69, 9.17) is 0 Å². The molecule has 1 N–H and O–H groups in total. The molecule has 0 bridgehead atoms. The molecule has 0 aromatic carbocycles. The van der Waals surface area contributed by atoms with Crippen LogP contribution in [-0.2, 0) is 6.54 Å². The standard InChI is InChI=1S/C12H21NOS/c1-12(2,3)11(9-14)13(4)8-10-6-5-7-15-10/h5-7,11,14H,8-9H2,1-4H3. The third kappa shape index (κ3) is 3.59. The molecule has 1 rings (SSSR count). The number of thiophene rings is 1. The van der Waals surface area contributed by atoms with Crippen molar-refractivity contribution in [1.82, 2.24) is 4.90 Å². The zero-order chi connectivity index (χ0) is 11.5. The highest BCUT2D eigenvalue weighted by Gasteiger charge is 2.27. The van der Waals surface area contributed by atoms with Gasteiger partial charge in [-0.15, -0.1) is 11.3 Å². The summed E-state index contributed by atoms with van der Waals surface area (Å²) in [5.74, 6) is 0. The molecule has 1 heterocycles. The van der Waals surface area contributed by atoms with Gasteiger partial charge in [0.05, 0.1) is 6.61 Å². The first-order valence-corrected chi connectivity index (χ1v) is 6.16. The summed E-state index contributed by atoms with van der Waals surface area (Å²) < 4.78 is 0. The first-order valence-electron chi connectivity index (χ1n) is 5.28. The Labute approximate surface area is 96.5 Å². The Kier molecular flexibility index (Phi) is 4.32. The number of rotatable bonds is 4. The molecule has 0 radical (unpaired) electrons. The molecule has 0 amide bonds. The van der Waals surface area contributed by atoms with Crippen molar-refractivity contribution in [3.8, 4) is 0 Å². The van der Waals surface area contributed by atoms with Crippen LogP contribution < -0.4 is 0 Å². The van der Waals surface area contributed by atoms with Crippen LogP contribution in [0.4, 0.5) is 0 Å². The fourth-order valence-electron chi connectivity index (χ4n) is 1.83. The molecular weight excluding hydrogens is 206 g/mol. The predicted octanol–water partition coefficient (Wildman–Crippen LogP) is 2.59. The molecule has 0 aliphatic heterocycles. The minimum atomic E-state index is 0.112. The van der Waals surface area contributed by atoms with E-state index in [1.165, 1.54) is 4.88 Å². The number of hydrogen-bond donors (Lipinski definition) is 1. The van der Waals surface area contributed by atoms with Crippen LogP contribution in [0.25, 0.3) is 0 Å². The molecule has 0 fully saturated rings. The fourth-order valence-corrected chi connectivity index (χ4v) is 2.60. The van der Waals surface area contributed by atoms with Crippen LogP contribution >= 0.6 is 11.3 Å². The molecule has 3 heteroatoms. The van der Waals surface area contributed by atoms with Crippen molar-refractivity contribution in [3.05, 3.63) is 22.4 Å². The lowest BCUT2D eigenvalue weighted by Gasteiger charge is -2.36. The van der Waals surface area contributed by atoms with Gasteiger partial charge in [-0.1, -0.05) is 26.8 Å². The topological polar surface area (TPSA) is 23.5 Å². The van der Waals surface area contributed by atoms with Crippen LogP contribution in [0.5, 0.6) is 0 Å². The van der Waals surface area contributed by atoms with E-state index in [0.717, 1.165) is 6.54 Å². The van der Waals surface area contributed by atoms with Crippen LogP contribution in [0.15, 0.2) is 17.5 Å². The normalized spacial score (nSPS) is 14.5. The van der Waals surface area contributed by atoms with Gasteiger partial charge < -0.3 is 5.11 Å². The first-order chi connectivity index (χ1) is 6.95. The van der Waals surface area contributed by atoms with E-state index in [2.05, 4.69) is 50.2 Å². The van der Waals surface area contributed by atoms with E-state index in [1.54, 1.807) is 11.3 Å². The van der Waals surface area contributed by atoms with Gasteiger partial charge >= 0.3 is 0 Å². The van der Waals surface area contributed by atoms with Gasteiger partial charge in [-0.3, -0.25) is 4.90 Å². The number of likely N-dealkylation sites (N-methyl/N-ethyl adjacent to an activating group) is 1. The average molecular weight is 227 g/mol. The number of aliphatic hydroxyl groups is 1. The molecule has 0 aliphatic rings. The Morgan fingerprint density at radius 1 is 1.47 bits per heavy atom. The largest absolute Gasteiger partial charge is 0.395 e. The SMILES string of the molecule is CN(Cc1cccs1)C(CO)C(C)(C)C. The molecule has 0 saturated carbocycles. The predicted molar refractivity (Wildman–Crippen MR) is 66.1 cm³/mol. The lowest BCUT2D eigenvalue weighted by molar-refractivity contribution is 0.0620. The summed E-state index contributed by atoms with van der Waals surface area (Å²) in [7, 11) is 2.08. The quantitative estimate of drug-likeness (QED) is 0.854. The van der Waals surface area contributed by atoms with Gasteiger partial charge in [-0.25, -0.2) is 0 Å². The van der Waals surface area contributed by atoms with Crippen molar-refractivity contribution >= 4 is 11.3 Å². The van der Waals surface area contributed by atoms with E-state index in [1.807, 2.05) is 0 Å². The smallest absolute Gasteiger partial charge is 0.0591 e. The summed E-state index contributed by atoms with van der Waals surface area (Å²) in [4.78, 5) is 3.58. The second-order valence-corrected chi connectivity index (χ2v) is 6.09. The summed E-state index contributed by atoms with van der Waals surface area (Å²) >= 11 is 1.77. The Hall–Kier alpha value is -0.380. The van der Waals surface area contributed by atoms with Crippen LogP contribution in [0, 0.1) is 5.41 Å². The second kappa shape index (κ2) is 5.10. The molecular formula is C12H21NOS. The highest BCUT2D eigenvalue weighted by molar-refractivity contribution is 7.09. The molecule has 1 unspecified atom stereocenters. The van der Waals surface area contributed by atoms with E-state index in [9.17, 15) is 5.11 Å². The third-order valence-electron chi connectivity index (χ3n) is 2.69. The molecule has 86 valence electrons. The minimum absolute atomic E-state index is 0.112. The number of aliphatic hydroxyl groups excluding tert-OH is 1. The van der Waals surface area contributed by atoms with Gasteiger partial charge in [0, 0.05) is 17.5 Å². The first kappa shape index (κ1) is 12.7. The third-order valence-corrected chi connectivity index (χ3v) is 3.55. The second-order valence-electron chi connectivity index (χ2n) is 5.06. The Bertz CT molecular complexity index is 276. The molecule has 1 atom stereocenters. The number of hydrogen-bond acceptors (Lipinski definition) is 3. The Morgan fingerprint density at radius 2 is 2.13 bits per heavy atom. The van der Waals surface area contributed by atoms with Gasteiger partial charge in [0.1, 0.15) is 0 Å². The molecule has 15 heavy (non-hydrogen) atoms. The zero-order valence-electron chi connectivity index (χ0n) is 10.0. The molecule has 1 aromatic heterocycles. The molecule has 1 aromatic rings. The maximum atomic E-state index is 9.42. The van der Waals surface area contributed by atoms with Crippen molar-refractivity contribution in [2.45, 2.75) is 33.4 Å². The maximum absolute atomic E-state index is 9.42. The van der Waals surface area contributed by atoms with Crippen LogP contribution in [0.2, 0.25) is 0 Å².